The van der Waals surface area contributed by atoms with Crippen molar-refractivity contribution in [2.45, 2.75) is 6.61 Å². The maximum atomic E-state index is 8.11. The molecule has 0 aliphatic heterocycles. The van der Waals surface area contributed by atoms with Gasteiger partial charge >= 0.3 is 0 Å². The summed E-state index contributed by atoms with van der Waals surface area (Å²) in [7, 11) is 0. The third-order valence-corrected chi connectivity index (χ3v) is 1.35. The lowest BCUT2D eigenvalue weighted by Crippen LogP contribution is -1.97. The first-order valence-electron chi connectivity index (χ1n) is 3.32. The first kappa shape index (κ1) is 8.55. The van der Waals surface area contributed by atoms with E-state index in [1.54, 1.807) is 24.3 Å². The van der Waals surface area contributed by atoms with Crippen LogP contribution in [0.15, 0.2) is 29.4 Å². The number of benzene rings is 1. The van der Waals surface area contributed by atoms with Crippen LogP contribution in [0.5, 0.6) is 0 Å². The van der Waals surface area contributed by atoms with Crippen LogP contribution in [0, 0.1) is 0 Å². The van der Waals surface area contributed by atoms with E-state index in [9.17, 15) is 0 Å². The highest BCUT2D eigenvalue weighted by Gasteiger charge is 1.91. The number of hydrogen-bond acceptors (Lipinski definition) is 3. The van der Waals surface area contributed by atoms with E-state index in [0.717, 1.165) is 5.56 Å². The smallest absolute Gasteiger partial charge is 0.0930 e. The predicted octanol–water partition coefficient (Wildman–Crippen LogP) is 2.02. The Morgan fingerprint density at radius 3 is 2.58 bits per heavy atom. The lowest BCUT2D eigenvalue weighted by atomic mass is 10.2. The van der Waals surface area contributed by atoms with E-state index in [2.05, 4.69) is 14.9 Å². The standard InChI is InChI=1S/C7H8N4O/c8-11-10-7-3-1-6(2-4-7)5-12-9/h1-4H,5,9H2. The van der Waals surface area contributed by atoms with Crippen molar-refractivity contribution in [1.82, 2.24) is 0 Å². The Morgan fingerprint density at radius 2 is 2.08 bits per heavy atom. The minimum atomic E-state index is 0.358. The molecule has 0 bridgehead atoms. The number of azide groups is 1. The summed E-state index contributed by atoms with van der Waals surface area (Å²) in [6, 6.07) is 6.98. The number of nitrogens with zero attached hydrogens (tertiary/aromatic N) is 3. The van der Waals surface area contributed by atoms with Crippen LogP contribution < -0.4 is 5.90 Å². The normalized spacial score (nSPS) is 9.08. The first-order valence-corrected chi connectivity index (χ1v) is 3.32. The van der Waals surface area contributed by atoms with Crippen LogP contribution in [0.25, 0.3) is 10.4 Å². The van der Waals surface area contributed by atoms with Crippen molar-refractivity contribution in [1.29, 1.82) is 0 Å². The molecular formula is C7H8N4O. The molecule has 0 aliphatic rings. The van der Waals surface area contributed by atoms with E-state index in [1.165, 1.54) is 0 Å². The molecule has 12 heavy (non-hydrogen) atoms. The van der Waals surface area contributed by atoms with Crippen molar-refractivity contribution in [3.63, 3.8) is 0 Å². The topological polar surface area (TPSA) is 84.0 Å². The van der Waals surface area contributed by atoms with Gasteiger partial charge in [0.2, 0.25) is 0 Å². The van der Waals surface area contributed by atoms with Gasteiger partial charge in [0.25, 0.3) is 0 Å². The van der Waals surface area contributed by atoms with Crippen LogP contribution in [-0.4, -0.2) is 0 Å². The molecule has 0 saturated carbocycles. The van der Waals surface area contributed by atoms with E-state index in [-0.39, 0.29) is 0 Å². The fraction of sp³-hybridized carbons (Fsp3) is 0.143. The van der Waals surface area contributed by atoms with Gasteiger partial charge in [-0.3, -0.25) is 4.84 Å². The third-order valence-electron chi connectivity index (χ3n) is 1.35. The SMILES string of the molecule is [N-]=[N+]=Nc1ccc(CON)cc1. The van der Waals surface area contributed by atoms with E-state index in [0.29, 0.717) is 12.3 Å². The Bertz CT molecular complexity index is 289. The van der Waals surface area contributed by atoms with E-state index in [4.69, 9.17) is 11.4 Å². The highest BCUT2D eigenvalue weighted by Crippen LogP contribution is 2.12. The molecule has 62 valence electrons. The molecule has 0 amide bonds. The molecule has 0 spiro atoms. The lowest BCUT2D eigenvalue weighted by molar-refractivity contribution is 0.124. The quantitative estimate of drug-likeness (QED) is 0.320. The third kappa shape index (κ3) is 2.25. The van der Waals surface area contributed by atoms with Gasteiger partial charge in [-0.25, -0.2) is 5.90 Å². The van der Waals surface area contributed by atoms with Gasteiger partial charge in [0.05, 0.1) is 6.61 Å². The van der Waals surface area contributed by atoms with Crippen molar-refractivity contribution in [3.8, 4) is 0 Å². The molecule has 5 heteroatoms. The van der Waals surface area contributed by atoms with Crippen LogP contribution in [0.2, 0.25) is 0 Å². The number of nitrogens with two attached hydrogens (primary N) is 1. The Morgan fingerprint density at radius 1 is 1.42 bits per heavy atom. The monoisotopic (exact) mass is 164 g/mol. The van der Waals surface area contributed by atoms with Crippen molar-refractivity contribution >= 4 is 5.69 Å². The minimum Gasteiger partial charge on any atom is -0.300 e. The Hall–Kier alpha value is -1.55. The van der Waals surface area contributed by atoms with Crippen LogP contribution >= 0.6 is 0 Å². The molecule has 0 atom stereocenters. The summed E-state index contributed by atoms with van der Waals surface area (Å²) >= 11 is 0. The molecule has 0 heterocycles. The molecule has 0 unspecified atom stereocenters. The minimum absolute atomic E-state index is 0.358. The van der Waals surface area contributed by atoms with Crippen molar-refractivity contribution in [3.05, 3.63) is 40.3 Å². The fourth-order valence-corrected chi connectivity index (χ4v) is 0.807. The van der Waals surface area contributed by atoms with Gasteiger partial charge in [-0.2, -0.15) is 0 Å². The zero-order chi connectivity index (χ0) is 8.81. The average molecular weight is 164 g/mol. The molecular weight excluding hydrogens is 156 g/mol. The Kier molecular flexibility index (Phi) is 3.10. The summed E-state index contributed by atoms with van der Waals surface area (Å²) in [5, 5.41) is 3.42. The van der Waals surface area contributed by atoms with Crippen LogP contribution in [0.1, 0.15) is 5.56 Å². The van der Waals surface area contributed by atoms with Gasteiger partial charge < -0.3 is 0 Å². The highest BCUT2D eigenvalue weighted by molar-refractivity contribution is 5.38. The van der Waals surface area contributed by atoms with Crippen molar-refractivity contribution < 1.29 is 4.84 Å². The number of hydrogen-bond donors (Lipinski definition) is 1. The lowest BCUT2D eigenvalue weighted by Gasteiger charge is -1.97. The first-order chi connectivity index (χ1) is 5.86. The second-order valence-electron chi connectivity index (χ2n) is 2.17. The van der Waals surface area contributed by atoms with Gasteiger partial charge in [-0.05, 0) is 11.1 Å². The van der Waals surface area contributed by atoms with Crippen molar-refractivity contribution in [2.24, 2.45) is 11.0 Å². The summed E-state index contributed by atoms with van der Waals surface area (Å²) in [4.78, 5) is 7.07. The van der Waals surface area contributed by atoms with Gasteiger partial charge in [0.1, 0.15) is 0 Å². The molecule has 2 N–H and O–H groups in total. The second-order valence-corrected chi connectivity index (χ2v) is 2.17. The van der Waals surface area contributed by atoms with Gasteiger partial charge in [0, 0.05) is 10.6 Å². The summed E-state index contributed by atoms with van der Waals surface area (Å²) in [5.41, 5.74) is 9.63. The molecule has 5 nitrogen and oxygen atoms in total. The molecule has 0 fully saturated rings. The molecule has 1 aromatic carbocycles. The maximum absolute atomic E-state index is 8.11. The van der Waals surface area contributed by atoms with Gasteiger partial charge in [-0.15, -0.1) is 0 Å². The van der Waals surface area contributed by atoms with Crippen molar-refractivity contribution in [2.75, 3.05) is 0 Å². The zero-order valence-corrected chi connectivity index (χ0v) is 6.34. The largest absolute Gasteiger partial charge is 0.300 e. The van der Waals surface area contributed by atoms with Crippen LogP contribution in [0.3, 0.4) is 0 Å². The Labute approximate surface area is 69.3 Å². The summed E-state index contributed by atoms with van der Waals surface area (Å²) < 4.78 is 0. The van der Waals surface area contributed by atoms with Gasteiger partial charge in [-0.1, -0.05) is 29.4 Å². The summed E-state index contributed by atoms with van der Waals surface area (Å²) in [6.45, 7) is 0.358. The summed E-state index contributed by atoms with van der Waals surface area (Å²) in [6.07, 6.45) is 0. The molecule has 0 aliphatic carbocycles. The second kappa shape index (κ2) is 4.35. The van der Waals surface area contributed by atoms with Crippen LogP contribution in [0.4, 0.5) is 5.69 Å². The molecule has 1 rings (SSSR count). The van der Waals surface area contributed by atoms with E-state index < -0.39 is 0 Å². The van der Waals surface area contributed by atoms with Gasteiger partial charge in [0.15, 0.2) is 0 Å². The maximum Gasteiger partial charge on any atom is 0.0930 e. The zero-order valence-electron chi connectivity index (χ0n) is 6.34. The average Bonchev–Trinajstić information content (AvgIpc) is 2.09. The molecule has 0 aromatic heterocycles. The fourth-order valence-electron chi connectivity index (χ4n) is 0.807. The predicted molar refractivity (Wildman–Crippen MR) is 44.2 cm³/mol. The molecule has 1 aromatic rings. The van der Waals surface area contributed by atoms with Crippen LogP contribution in [-0.2, 0) is 11.4 Å². The van der Waals surface area contributed by atoms with E-state index >= 15 is 0 Å². The molecule has 0 radical (unpaired) electrons. The Balaban J connectivity index is 2.77. The van der Waals surface area contributed by atoms with E-state index in [1.807, 2.05) is 0 Å². The number of rotatable bonds is 3. The highest BCUT2D eigenvalue weighted by atomic mass is 16.6. The summed E-state index contributed by atoms with van der Waals surface area (Å²) in [5.74, 6) is 4.88. The molecule has 0 saturated heterocycles.